The van der Waals surface area contributed by atoms with E-state index in [1.54, 1.807) is 22.3 Å². The van der Waals surface area contributed by atoms with E-state index in [1.165, 1.54) is 11.3 Å². The summed E-state index contributed by atoms with van der Waals surface area (Å²) in [5, 5.41) is 4.98. The van der Waals surface area contributed by atoms with Gasteiger partial charge >= 0.3 is 4.87 Å². The second kappa shape index (κ2) is 4.94. The van der Waals surface area contributed by atoms with E-state index in [2.05, 4.69) is 10.3 Å². The number of aromatic nitrogens is 2. The van der Waals surface area contributed by atoms with E-state index in [0.29, 0.717) is 6.54 Å². The van der Waals surface area contributed by atoms with Crippen molar-refractivity contribution in [1.82, 2.24) is 9.55 Å². The fraction of sp³-hybridized carbons (Fsp3) is 0.273. The molecule has 0 spiro atoms. The molecule has 0 aliphatic carbocycles. The largest absolute Gasteiger partial charge is 0.370 e. The lowest BCUT2D eigenvalue weighted by molar-refractivity contribution is 0.781. The fourth-order valence-corrected chi connectivity index (χ4v) is 2.07. The zero-order chi connectivity index (χ0) is 11.4. The molecule has 0 aliphatic rings. The molecule has 0 bridgehead atoms. The number of pyridine rings is 1. The van der Waals surface area contributed by atoms with Crippen molar-refractivity contribution in [2.24, 2.45) is 0 Å². The lowest BCUT2D eigenvalue weighted by Gasteiger charge is -2.09. The monoisotopic (exact) mass is 235 g/mol. The van der Waals surface area contributed by atoms with Gasteiger partial charge in [0.05, 0.1) is 6.54 Å². The van der Waals surface area contributed by atoms with Crippen molar-refractivity contribution in [3.63, 3.8) is 0 Å². The van der Waals surface area contributed by atoms with E-state index >= 15 is 0 Å². The first-order chi connectivity index (χ1) is 7.81. The molecule has 0 saturated heterocycles. The first-order valence-electron chi connectivity index (χ1n) is 5.13. The average Bonchev–Trinajstić information content (AvgIpc) is 2.68. The third-order valence-corrected chi connectivity index (χ3v) is 2.91. The standard InChI is InChI=1S/C11H13N3OS/c1-2-12-10-9(4-3-5-13-10)8-14-6-7-16-11(14)15/h3-7H,2,8H2,1H3,(H,12,13). The van der Waals surface area contributed by atoms with Crippen LogP contribution in [0.2, 0.25) is 0 Å². The van der Waals surface area contributed by atoms with E-state index in [4.69, 9.17) is 0 Å². The third-order valence-electron chi connectivity index (χ3n) is 2.22. The van der Waals surface area contributed by atoms with Gasteiger partial charge in [0.1, 0.15) is 5.82 Å². The summed E-state index contributed by atoms with van der Waals surface area (Å²) >= 11 is 1.21. The predicted octanol–water partition coefficient (Wildman–Crippen LogP) is 1.78. The number of nitrogens with zero attached hydrogens (tertiary/aromatic N) is 2. The van der Waals surface area contributed by atoms with Crippen LogP contribution in [0, 0.1) is 0 Å². The molecule has 16 heavy (non-hydrogen) atoms. The minimum Gasteiger partial charge on any atom is -0.370 e. The molecule has 2 aromatic rings. The van der Waals surface area contributed by atoms with Gasteiger partial charge in [0.15, 0.2) is 0 Å². The molecule has 2 aromatic heterocycles. The molecule has 0 atom stereocenters. The van der Waals surface area contributed by atoms with Gasteiger partial charge in [0.25, 0.3) is 0 Å². The number of hydrogen-bond donors (Lipinski definition) is 1. The highest BCUT2D eigenvalue weighted by atomic mass is 32.1. The first kappa shape index (κ1) is 10.9. The lowest BCUT2D eigenvalue weighted by atomic mass is 10.2. The lowest BCUT2D eigenvalue weighted by Crippen LogP contribution is -2.14. The maximum Gasteiger partial charge on any atom is 0.307 e. The maximum absolute atomic E-state index is 11.4. The second-order valence-electron chi connectivity index (χ2n) is 3.34. The Hall–Kier alpha value is -1.62. The number of nitrogens with one attached hydrogen (secondary N) is 1. The molecule has 0 aromatic carbocycles. The van der Waals surface area contributed by atoms with E-state index in [0.717, 1.165) is 17.9 Å². The molecule has 0 aliphatic heterocycles. The molecule has 1 N–H and O–H groups in total. The zero-order valence-electron chi connectivity index (χ0n) is 9.01. The van der Waals surface area contributed by atoms with Gasteiger partial charge in [0, 0.05) is 29.9 Å². The molecule has 2 rings (SSSR count). The minimum atomic E-state index is 0.0614. The molecule has 0 saturated carbocycles. The van der Waals surface area contributed by atoms with Crippen molar-refractivity contribution >= 4 is 17.2 Å². The predicted molar refractivity (Wildman–Crippen MR) is 66.1 cm³/mol. The smallest absolute Gasteiger partial charge is 0.307 e. The van der Waals surface area contributed by atoms with Crippen molar-refractivity contribution < 1.29 is 0 Å². The molecule has 0 amide bonds. The van der Waals surface area contributed by atoms with Crippen LogP contribution in [0.25, 0.3) is 0 Å². The van der Waals surface area contributed by atoms with Crippen LogP contribution in [-0.2, 0) is 6.54 Å². The summed E-state index contributed by atoms with van der Waals surface area (Å²) in [5.41, 5.74) is 1.03. The minimum absolute atomic E-state index is 0.0614. The van der Waals surface area contributed by atoms with E-state index in [9.17, 15) is 4.79 Å². The van der Waals surface area contributed by atoms with Crippen LogP contribution in [0.4, 0.5) is 5.82 Å². The normalized spacial score (nSPS) is 10.3. The van der Waals surface area contributed by atoms with Crippen LogP contribution in [0.5, 0.6) is 0 Å². The van der Waals surface area contributed by atoms with Crippen LogP contribution in [0.1, 0.15) is 12.5 Å². The van der Waals surface area contributed by atoms with Crippen molar-refractivity contribution in [2.45, 2.75) is 13.5 Å². The molecule has 5 heteroatoms. The Balaban J connectivity index is 2.27. The Morgan fingerprint density at radius 3 is 3.12 bits per heavy atom. The van der Waals surface area contributed by atoms with Gasteiger partial charge in [-0.1, -0.05) is 17.4 Å². The van der Waals surface area contributed by atoms with Gasteiger partial charge in [-0.3, -0.25) is 4.79 Å². The highest BCUT2D eigenvalue weighted by Gasteiger charge is 2.04. The summed E-state index contributed by atoms with van der Waals surface area (Å²) in [5.74, 6) is 0.850. The van der Waals surface area contributed by atoms with Crippen LogP contribution in [0.15, 0.2) is 34.7 Å². The molecular weight excluding hydrogens is 222 g/mol. The van der Waals surface area contributed by atoms with Gasteiger partial charge in [0.2, 0.25) is 0 Å². The fourth-order valence-electron chi connectivity index (χ4n) is 1.48. The summed E-state index contributed by atoms with van der Waals surface area (Å²) in [6.45, 7) is 3.41. The second-order valence-corrected chi connectivity index (χ2v) is 4.20. The molecule has 2 heterocycles. The SMILES string of the molecule is CCNc1ncccc1Cn1ccsc1=O. The molecule has 0 unspecified atom stereocenters. The number of rotatable bonds is 4. The Kier molecular flexibility index (Phi) is 3.36. The number of thiazole rings is 1. The van der Waals surface area contributed by atoms with Gasteiger partial charge in [-0.15, -0.1) is 0 Å². The van der Waals surface area contributed by atoms with E-state index < -0.39 is 0 Å². The topological polar surface area (TPSA) is 46.9 Å². The van der Waals surface area contributed by atoms with Crippen molar-refractivity contribution in [2.75, 3.05) is 11.9 Å². The highest BCUT2D eigenvalue weighted by Crippen LogP contribution is 2.12. The quantitative estimate of drug-likeness (QED) is 0.878. The Bertz CT molecular complexity index is 518. The first-order valence-corrected chi connectivity index (χ1v) is 6.01. The molecule has 4 nitrogen and oxygen atoms in total. The molecular formula is C11H13N3OS. The summed E-state index contributed by atoms with van der Waals surface area (Å²) in [4.78, 5) is 15.8. The molecule has 84 valence electrons. The van der Waals surface area contributed by atoms with Crippen LogP contribution >= 0.6 is 11.3 Å². The summed E-state index contributed by atoms with van der Waals surface area (Å²) in [6.07, 6.45) is 3.55. The molecule has 0 radical (unpaired) electrons. The zero-order valence-corrected chi connectivity index (χ0v) is 9.83. The Morgan fingerprint density at radius 1 is 1.56 bits per heavy atom. The van der Waals surface area contributed by atoms with Crippen LogP contribution in [0.3, 0.4) is 0 Å². The number of hydrogen-bond acceptors (Lipinski definition) is 4. The van der Waals surface area contributed by atoms with Crippen molar-refractivity contribution in [1.29, 1.82) is 0 Å². The van der Waals surface area contributed by atoms with Crippen LogP contribution < -0.4 is 10.2 Å². The Labute approximate surface area is 97.6 Å². The van der Waals surface area contributed by atoms with Crippen molar-refractivity contribution in [3.05, 3.63) is 45.1 Å². The average molecular weight is 235 g/mol. The van der Waals surface area contributed by atoms with E-state index in [-0.39, 0.29) is 4.87 Å². The summed E-state index contributed by atoms with van der Waals surface area (Å²) in [7, 11) is 0. The summed E-state index contributed by atoms with van der Waals surface area (Å²) in [6, 6.07) is 3.86. The third kappa shape index (κ3) is 2.30. The van der Waals surface area contributed by atoms with Gasteiger partial charge in [-0.2, -0.15) is 0 Å². The van der Waals surface area contributed by atoms with Gasteiger partial charge in [-0.25, -0.2) is 4.98 Å². The van der Waals surface area contributed by atoms with E-state index in [1.807, 2.05) is 19.1 Å². The highest BCUT2D eigenvalue weighted by molar-refractivity contribution is 7.07. The molecule has 0 fully saturated rings. The van der Waals surface area contributed by atoms with Crippen molar-refractivity contribution in [3.8, 4) is 0 Å². The van der Waals surface area contributed by atoms with Gasteiger partial charge < -0.3 is 9.88 Å². The number of anilines is 1. The maximum atomic E-state index is 11.4. The van der Waals surface area contributed by atoms with Crippen LogP contribution in [-0.4, -0.2) is 16.1 Å². The summed E-state index contributed by atoms with van der Waals surface area (Å²) < 4.78 is 1.68. The van der Waals surface area contributed by atoms with Gasteiger partial charge in [-0.05, 0) is 13.0 Å². The Morgan fingerprint density at radius 2 is 2.44 bits per heavy atom.